The molecule has 2 aromatic heterocycles. The van der Waals surface area contributed by atoms with Crippen LogP contribution in [-0.2, 0) is 5.41 Å². The molecule has 0 saturated heterocycles. The number of fused-ring (bicyclic) bond motifs is 1. The van der Waals surface area contributed by atoms with Crippen molar-refractivity contribution in [1.29, 1.82) is 0 Å². The Bertz CT molecular complexity index is 1510. The number of primary amides is 1. The molecule has 4 aromatic rings. The zero-order chi connectivity index (χ0) is 27.6. The fraction of sp³-hybridized carbons (Fsp3) is 0.259. The minimum Gasteiger partial charge on any atom is -0.490 e. The number of anilines is 2. The quantitative estimate of drug-likeness (QED) is 0.220. The van der Waals surface area contributed by atoms with E-state index >= 15 is 0 Å². The van der Waals surface area contributed by atoms with Gasteiger partial charge in [-0.25, -0.2) is 4.79 Å². The molecule has 3 amide bonds. The van der Waals surface area contributed by atoms with E-state index in [1.165, 1.54) is 0 Å². The van der Waals surface area contributed by atoms with Crippen molar-refractivity contribution in [2.75, 3.05) is 10.6 Å². The molecule has 0 aliphatic heterocycles. The highest BCUT2D eigenvalue weighted by atomic mass is 35.5. The summed E-state index contributed by atoms with van der Waals surface area (Å²) in [5.41, 5.74) is 7.43. The third kappa shape index (κ3) is 6.15. The Labute approximate surface area is 224 Å². The first kappa shape index (κ1) is 26.7. The number of aromatic amines is 1. The number of nitrogens with zero attached hydrogens (tertiary/aromatic N) is 2. The van der Waals surface area contributed by atoms with Gasteiger partial charge in [0, 0.05) is 35.2 Å². The molecule has 0 spiro atoms. The molecule has 198 valence electrons. The molecule has 10 nitrogen and oxygen atoms in total. The SMILES string of the molecule is CC(C)Oc1cc2nccc(Oc3ccc(NC(=O)Nc4cc(C(C)(C)C)n[nH]4)c(Cl)c3)c2cc1C(N)=O. The molecule has 5 N–H and O–H groups in total. The number of hydrogen-bond acceptors (Lipinski definition) is 6. The number of hydrogen-bond donors (Lipinski definition) is 4. The van der Waals surface area contributed by atoms with E-state index < -0.39 is 11.9 Å². The fourth-order valence-corrected chi connectivity index (χ4v) is 3.83. The highest BCUT2D eigenvalue weighted by Gasteiger charge is 2.19. The van der Waals surface area contributed by atoms with Gasteiger partial charge in [-0.05, 0) is 38.1 Å². The molecule has 0 aliphatic rings. The number of ether oxygens (including phenoxy) is 2. The Kier molecular flexibility index (Phi) is 7.45. The Morgan fingerprint density at radius 3 is 2.45 bits per heavy atom. The van der Waals surface area contributed by atoms with Crippen LogP contribution in [0.15, 0.2) is 48.7 Å². The normalized spacial score (nSPS) is 11.4. The van der Waals surface area contributed by atoms with Gasteiger partial charge in [-0.2, -0.15) is 5.10 Å². The van der Waals surface area contributed by atoms with Gasteiger partial charge in [-0.3, -0.25) is 20.2 Å². The predicted molar refractivity (Wildman–Crippen MR) is 147 cm³/mol. The van der Waals surface area contributed by atoms with Crippen LogP contribution in [0.2, 0.25) is 5.02 Å². The molecule has 11 heteroatoms. The standard InChI is InChI=1S/C27H29ClN6O4/c1-14(2)37-22-12-20-16(11-17(22)25(29)35)21(8-9-30-20)38-15-6-7-19(18(28)10-15)31-26(36)32-24-13-23(33-34-24)27(3,4)5/h6-14H,1-5H3,(H2,29,35)(H3,31,32,33,34,36). The predicted octanol–water partition coefficient (Wildman–Crippen LogP) is 6.23. The van der Waals surface area contributed by atoms with Gasteiger partial charge in [0.15, 0.2) is 0 Å². The Balaban J connectivity index is 1.52. The van der Waals surface area contributed by atoms with Crippen molar-refractivity contribution >= 4 is 45.9 Å². The Hall–Kier alpha value is -4.31. The lowest BCUT2D eigenvalue weighted by Crippen LogP contribution is -2.19. The molecule has 0 radical (unpaired) electrons. The average Bonchev–Trinajstić information content (AvgIpc) is 3.29. The van der Waals surface area contributed by atoms with E-state index in [4.69, 9.17) is 26.8 Å². The van der Waals surface area contributed by atoms with Crippen LogP contribution in [0.4, 0.5) is 16.3 Å². The van der Waals surface area contributed by atoms with Crippen LogP contribution in [-0.4, -0.2) is 33.2 Å². The van der Waals surface area contributed by atoms with E-state index in [-0.39, 0.29) is 22.1 Å². The monoisotopic (exact) mass is 536 g/mol. The number of halogens is 1. The zero-order valence-electron chi connectivity index (χ0n) is 21.7. The minimum atomic E-state index is -0.626. The van der Waals surface area contributed by atoms with Crippen molar-refractivity contribution in [3.63, 3.8) is 0 Å². The Morgan fingerprint density at radius 2 is 1.82 bits per heavy atom. The molecule has 2 aromatic carbocycles. The summed E-state index contributed by atoms with van der Waals surface area (Å²) in [5.74, 6) is 1.05. The second kappa shape index (κ2) is 10.6. The van der Waals surface area contributed by atoms with Crippen molar-refractivity contribution in [2.24, 2.45) is 5.73 Å². The van der Waals surface area contributed by atoms with Gasteiger partial charge in [-0.15, -0.1) is 0 Å². The second-order valence-electron chi connectivity index (χ2n) is 9.95. The number of aromatic nitrogens is 3. The summed E-state index contributed by atoms with van der Waals surface area (Å²) in [5, 5.41) is 13.3. The van der Waals surface area contributed by atoms with Crippen molar-refractivity contribution in [1.82, 2.24) is 15.2 Å². The van der Waals surface area contributed by atoms with Crippen LogP contribution < -0.4 is 25.8 Å². The number of rotatable bonds is 7. The second-order valence-corrected chi connectivity index (χ2v) is 10.4. The van der Waals surface area contributed by atoms with Crippen LogP contribution in [0.1, 0.15) is 50.7 Å². The first-order valence-electron chi connectivity index (χ1n) is 11.9. The number of nitrogens with two attached hydrogens (primary N) is 1. The minimum absolute atomic E-state index is 0.151. The van der Waals surface area contributed by atoms with E-state index in [0.29, 0.717) is 39.7 Å². The van der Waals surface area contributed by atoms with Crippen molar-refractivity contribution < 1.29 is 19.1 Å². The first-order valence-corrected chi connectivity index (χ1v) is 12.3. The van der Waals surface area contributed by atoms with Gasteiger partial charge in [0.25, 0.3) is 5.91 Å². The van der Waals surface area contributed by atoms with Gasteiger partial charge in [0.2, 0.25) is 0 Å². The lowest BCUT2D eigenvalue weighted by Gasteiger charge is -2.15. The van der Waals surface area contributed by atoms with Gasteiger partial charge in [0.1, 0.15) is 23.1 Å². The van der Waals surface area contributed by atoms with Gasteiger partial charge in [-0.1, -0.05) is 32.4 Å². The van der Waals surface area contributed by atoms with Gasteiger partial charge in [0.05, 0.1) is 33.6 Å². The number of carbonyl (C=O) groups excluding carboxylic acids is 2. The van der Waals surface area contributed by atoms with E-state index in [0.717, 1.165) is 5.69 Å². The summed E-state index contributed by atoms with van der Waals surface area (Å²) < 4.78 is 11.8. The van der Waals surface area contributed by atoms with Gasteiger partial charge < -0.3 is 20.5 Å². The van der Waals surface area contributed by atoms with Crippen LogP contribution in [0.3, 0.4) is 0 Å². The van der Waals surface area contributed by atoms with Crippen LogP contribution in [0, 0.1) is 0 Å². The molecule has 0 unspecified atom stereocenters. The topological polar surface area (TPSA) is 144 Å². The smallest absolute Gasteiger partial charge is 0.324 e. The van der Waals surface area contributed by atoms with Gasteiger partial charge >= 0.3 is 6.03 Å². The van der Waals surface area contributed by atoms with Crippen molar-refractivity contribution in [2.45, 2.75) is 46.1 Å². The summed E-state index contributed by atoms with van der Waals surface area (Å²) in [7, 11) is 0. The molecule has 0 atom stereocenters. The van der Waals surface area contributed by atoms with E-state index in [9.17, 15) is 9.59 Å². The summed E-state index contributed by atoms with van der Waals surface area (Å²) in [4.78, 5) is 28.9. The average molecular weight is 537 g/mol. The maximum absolute atomic E-state index is 12.5. The number of benzene rings is 2. The highest BCUT2D eigenvalue weighted by Crippen LogP contribution is 2.35. The molecule has 0 bridgehead atoms. The summed E-state index contributed by atoms with van der Waals surface area (Å²) in [6.07, 6.45) is 1.44. The molecule has 0 fully saturated rings. The number of urea groups is 1. The summed E-state index contributed by atoms with van der Waals surface area (Å²) >= 11 is 6.43. The molecule has 2 heterocycles. The number of carbonyl (C=O) groups is 2. The molecular weight excluding hydrogens is 508 g/mol. The van der Waals surface area contributed by atoms with Crippen LogP contribution in [0.5, 0.6) is 17.2 Å². The maximum atomic E-state index is 12.5. The lowest BCUT2D eigenvalue weighted by molar-refractivity contribution is 0.0994. The van der Waals surface area contributed by atoms with E-state index in [1.54, 1.807) is 48.7 Å². The number of nitrogens with one attached hydrogen (secondary N) is 3. The van der Waals surface area contributed by atoms with Crippen molar-refractivity contribution in [3.05, 3.63) is 64.9 Å². The van der Waals surface area contributed by atoms with E-state index in [1.807, 2.05) is 34.6 Å². The molecule has 38 heavy (non-hydrogen) atoms. The number of H-pyrrole nitrogens is 1. The Morgan fingerprint density at radius 1 is 1.05 bits per heavy atom. The number of amides is 3. The molecule has 0 saturated carbocycles. The first-order chi connectivity index (χ1) is 17.9. The summed E-state index contributed by atoms with van der Waals surface area (Å²) in [6, 6.07) is 11.1. The molecule has 4 rings (SSSR count). The maximum Gasteiger partial charge on any atom is 0.324 e. The highest BCUT2D eigenvalue weighted by molar-refractivity contribution is 6.34. The van der Waals surface area contributed by atoms with Crippen LogP contribution in [0.25, 0.3) is 10.9 Å². The number of pyridine rings is 1. The summed E-state index contributed by atoms with van der Waals surface area (Å²) in [6.45, 7) is 9.79. The largest absolute Gasteiger partial charge is 0.490 e. The molecular formula is C27H29ClN6O4. The van der Waals surface area contributed by atoms with E-state index in [2.05, 4.69) is 25.8 Å². The molecule has 0 aliphatic carbocycles. The zero-order valence-corrected chi connectivity index (χ0v) is 22.4. The van der Waals surface area contributed by atoms with Crippen LogP contribution >= 0.6 is 11.6 Å². The lowest BCUT2D eigenvalue weighted by atomic mass is 9.92. The van der Waals surface area contributed by atoms with Crippen molar-refractivity contribution in [3.8, 4) is 17.2 Å². The third-order valence-corrected chi connectivity index (χ3v) is 5.75. The third-order valence-electron chi connectivity index (χ3n) is 5.44. The fourth-order valence-electron chi connectivity index (χ4n) is 3.61.